The molecule has 3 heterocycles. The van der Waals surface area contributed by atoms with E-state index >= 15 is 0 Å². The van der Waals surface area contributed by atoms with Crippen LogP contribution in [0.3, 0.4) is 0 Å². The van der Waals surface area contributed by atoms with Crippen molar-refractivity contribution >= 4 is 17.6 Å². The second-order valence-corrected chi connectivity index (χ2v) is 7.39. The molecule has 0 amide bonds. The monoisotopic (exact) mass is 503 g/mol. The second kappa shape index (κ2) is 10.4. The molecular formula is C21H20F7N7. The molecule has 0 saturated heterocycles. The van der Waals surface area contributed by atoms with Gasteiger partial charge in [0.05, 0.1) is 6.17 Å². The van der Waals surface area contributed by atoms with Gasteiger partial charge in [0.25, 0.3) is 0 Å². The van der Waals surface area contributed by atoms with Gasteiger partial charge in [-0.1, -0.05) is 6.07 Å². The number of anilines is 3. The number of halogens is 7. The van der Waals surface area contributed by atoms with E-state index in [1.807, 2.05) is 0 Å². The Hall–Kier alpha value is -3.58. The lowest BCUT2D eigenvalue weighted by Crippen LogP contribution is -2.28. The van der Waals surface area contributed by atoms with Crippen LogP contribution >= 0.6 is 0 Å². The van der Waals surface area contributed by atoms with Gasteiger partial charge in [0, 0.05) is 25.0 Å². The molecule has 3 rings (SSSR count). The van der Waals surface area contributed by atoms with Crippen molar-refractivity contribution < 1.29 is 30.7 Å². The third-order valence-corrected chi connectivity index (χ3v) is 4.66. The van der Waals surface area contributed by atoms with Crippen LogP contribution < -0.4 is 10.2 Å². The minimum atomic E-state index is -4.72. The third-order valence-electron chi connectivity index (χ3n) is 4.66. The summed E-state index contributed by atoms with van der Waals surface area (Å²) >= 11 is 0. The van der Waals surface area contributed by atoms with Crippen LogP contribution in [0, 0.1) is 0 Å². The molecule has 188 valence electrons. The van der Waals surface area contributed by atoms with E-state index in [-0.39, 0.29) is 42.1 Å². The first-order chi connectivity index (χ1) is 16.4. The van der Waals surface area contributed by atoms with Crippen molar-refractivity contribution in [3.05, 3.63) is 47.9 Å². The van der Waals surface area contributed by atoms with Crippen LogP contribution in [0.2, 0.25) is 0 Å². The largest absolute Gasteiger partial charge is 0.433 e. The van der Waals surface area contributed by atoms with E-state index in [4.69, 9.17) is 0 Å². The Labute approximate surface area is 195 Å². The van der Waals surface area contributed by atoms with Crippen LogP contribution in [-0.4, -0.2) is 44.2 Å². The molecule has 1 N–H and O–H groups in total. The Kier molecular flexibility index (Phi) is 7.70. The van der Waals surface area contributed by atoms with Gasteiger partial charge in [0.2, 0.25) is 11.9 Å². The molecule has 0 aliphatic heterocycles. The molecule has 35 heavy (non-hydrogen) atoms. The van der Waals surface area contributed by atoms with Crippen molar-refractivity contribution in [3.63, 3.8) is 0 Å². The molecule has 1 atom stereocenters. The molecule has 0 fully saturated rings. The Morgan fingerprint density at radius 3 is 2.29 bits per heavy atom. The summed E-state index contributed by atoms with van der Waals surface area (Å²) in [6.45, 7) is 3.61. The summed E-state index contributed by atoms with van der Waals surface area (Å²) in [5.74, 6) is -0.499. The van der Waals surface area contributed by atoms with Crippen LogP contribution in [-0.2, 0) is 12.4 Å². The van der Waals surface area contributed by atoms with Crippen molar-refractivity contribution in [2.75, 3.05) is 23.3 Å². The van der Waals surface area contributed by atoms with Gasteiger partial charge in [-0.15, -0.1) is 0 Å². The highest BCUT2D eigenvalue weighted by Gasteiger charge is 2.33. The molecule has 14 heteroatoms. The van der Waals surface area contributed by atoms with Gasteiger partial charge in [-0.2, -0.15) is 41.3 Å². The first-order valence-electron chi connectivity index (χ1n) is 10.4. The molecule has 0 spiro atoms. The topological polar surface area (TPSA) is 79.7 Å². The number of pyridine rings is 2. The van der Waals surface area contributed by atoms with Gasteiger partial charge in [-0.25, -0.2) is 9.37 Å². The molecule has 7 nitrogen and oxygen atoms in total. The van der Waals surface area contributed by atoms with E-state index in [0.717, 1.165) is 24.4 Å². The van der Waals surface area contributed by atoms with Crippen LogP contribution in [0.4, 0.5) is 48.3 Å². The third kappa shape index (κ3) is 6.96. The zero-order valence-electron chi connectivity index (χ0n) is 18.5. The summed E-state index contributed by atoms with van der Waals surface area (Å²) < 4.78 is 91.9. The number of nitrogens with one attached hydrogen (secondary N) is 1. The standard InChI is InChI=1S/C21H20F7N7/c1-3-35(10-8-12(2)22)19-33-17(14-5-4-6-15(31-14)20(23,24)25)32-18(34-19)30-13-7-9-29-16(11-13)21(26,27)28/h4-7,9,11-12H,3,8,10H2,1-2H3,(H,29,30,32,33,34)/t12-/m1/s1. The highest BCUT2D eigenvalue weighted by Crippen LogP contribution is 2.31. The Morgan fingerprint density at radius 1 is 0.943 bits per heavy atom. The SMILES string of the molecule is CCN(CC[C@@H](C)F)c1nc(Nc2ccnc(C(F)(F)F)c2)nc(-c2cccc(C(F)(F)F)n2)n1. The lowest BCUT2D eigenvalue weighted by atomic mass is 10.2. The van der Waals surface area contributed by atoms with Crippen molar-refractivity contribution in [1.29, 1.82) is 0 Å². The maximum atomic E-state index is 13.4. The predicted octanol–water partition coefficient (Wildman–Crippen LogP) is 5.68. The van der Waals surface area contributed by atoms with Gasteiger partial charge in [0.1, 0.15) is 17.1 Å². The van der Waals surface area contributed by atoms with E-state index in [2.05, 4.69) is 30.2 Å². The number of hydrogen-bond acceptors (Lipinski definition) is 7. The highest BCUT2D eigenvalue weighted by molar-refractivity contribution is 5.59. The van der Waals surface area contributed by atoms with E-state index in [1.54, 1.807) is 11.8 Å². The molecule has 0 saturated carbocycles. The smallest absolute Gasteiger partial charge is 0.341 e. The summed E-state index contributed by atoms with van der Waals surface area (Å²) in [6.07, 6.45) is -9.49. The van der Waals surface area contributed by atoms with Crippen molar-refractivity contribution in [2.45, 2.75) is 38.8 Å². The number of aromatic nitrogens is 5. The average molecular weight is 503 g/mol. The molecular weight excluding hydrogens is 483 g/mol. The number of hydrogen-bond donors (Lipinski definition) is 1. The summed E-state index contributed by atoms with van der Waals surface area (Å²) in [5.41, 5.74) is -2.63. The van der Waals surface area contributed by atoms with Gasteiger partial charge in [-0.05, 0) is 44.5 Å². The van der Waals surface area contributed by atoms with E-state index < -0.39 is 29.9 Å². The molecule has 0 radical (unpaired) electrons. The maximum Gasteiger partial charge on any atom is 0.433 e. The second-order valence-electron chi connectivity index (χ2n) is 7.39. The minimum absolute atomic E-state index is 0.00929. The fourth-order valence-electron chi connectivity index (χ4n) is 2.92. The minimum Gasteiger partial charge on any atom is -0.341 e. The summed E-state index contributed by atoms with van der Waals surface area (Å²) in [7, 11) is 0. The molecule has 3 aromatic rings. The maximum absolute atomic E-state index is 13.4. The van der Waals surface area contributed by atoms with Gasteiger partial charge >= 0.3 is 12.4 Å². The lowest BCUT2D eigenvalue weighted by molar-refractivity contribution is -0.141. The fourth-order valence-corrected chi connectivity index (χ4v) is 2.92. The zero-order valence-corrected chi connectivity index (χ0v) is 18.5. The fraction of sp³-hybridized carbons (Fsp3) is 0.381. The van der Waals surface area contributed by atoms with Crippen LogP contribution in [0.5, 0.6) is 0 Å². The average Bonchev–Trinajstić information content (AvgIpc) is 2.78. The van der Waals surface area contributed by atoms with Crippen LogP contribution in [0.1, 0.15) is 31.7 Å². The van der Waals surface area contributed by atoms with Crippen molar-refractivity contribution in [3.8, 4) is 11.5 Å². The normalized spacial score (nSPS) is 12.9. The predicted molar refractivity (Wildman–Crippen MR) is 114 cm³/mol. The molecule has 0 bridgehead atoms. The summed E-state index contributed by atoms with van der Waals surface area (Å²) in [6, 6.07) is 5.13. The van der Waals surface area contributed by atoms with Gasteiger partial charge in [0.15, 0.2) is 5.82 Å². The molecule has 0 aliphatic rings. The number of alkyl halides is 7. The van der Waals surface area contributed by atoms with E-state index in [9.17, 15) is 30.7 Å². The molecule has 3 aromatic heterocycles. The van der Waals surface area contributed by atoms with Crippen molar-refractivity contribution in [1.82, 2.24) is 24.9 Å². The van der Waals surface area contributed by atoms with Gasteiger partial charge in [-0.3, -0.25) is 4.98 Å². The van der Waals surface area contributed by atoms with Crippen molar-refractivity contribution in [2.24, 2.45) is 0 Å². The molecule has 0 aromatic carbocycles. The summed E-state index contributed by atoms with van der Waals surface area (Å²) in [4.78, 5) is 20.8. The van der Waals surface area contributed by atoms with E-state index in [0.29, 0.717) is 6.54 Å². The zero-order chi connectivity index (χ0) is 25.8. The van der Waals surface area contributed by atoms with Gasteiger partial charge < -0.3 is 10.2 Å². The van der Waals surface area contributed by atoms with Crippen LogP contribution in [0.15, 0.2) is 36.5 Å². The molecule has 0 unspecified atom stereocenters. The Balaban J connectivity index is 2.07. The van der Waals surface area contributed by atoms with E-state index in [1.165, 1.54) is 19.1 Å². The van der Waals surface area contributed by atoms with Crippen LogP contribution in [0.25, 0.3) is 11.5 Å². The quantitative estimate of drug-likeness (QED) is 0.396. The first kappa shape index (κ1) is 26.0. The lowest BCUT2D eigenvalue weighted by Gasteiger charge is -2.22. The number of rotatable bonds is 8. The highest BCUT2D eigenvalue weighted by atomic mass is 19.4. The number of nitrogens with zero attached hydrogens (tertiary/aromatic N) is 6. The Bertz CT molecular complexity index is 1150. The molecule has 0 aliphatic carbocycles. The first-order valence-corrected chi connectivity index (χ1v) is 10.4. The summed E-state index contributed by atoms with van der Waals surface area (Å²) in [5, 5.41) is 2.60. The Morgan fingerprint density at radius 2 is 1.66 bits per heavy atom.